The fourth-order valence-corrected chi connectivity index (χ4v) is 6.41. The second-order valence-electron chi connectivity index (χ2n) is 9.21. The highest BCUT2D eigenvalue weighted by atomic mass is 16.4. The summed E-state index contributed by atoms with van der Waals surface area (Å²) >= 11 is 0. The third kappa shape index (κ3) is 2.64. The second-order valence-corrected chi connectivity index (χ2v) is 9.21. The van der Waals surface area contributed by atoms with Crippen molar-refractivity contribution in [3.63, 3.8) is 0 Å². The van der Waals surface area contributed by atoms with E-state index in [-0.39, 0.29) is 5.63 Å². The minimum atomic E-state index is -0.218. The van der Waals surface area contributed by atoms with Gasteiger partial charge >= 0.3 is 5.63 Å². The predicted octanol–water partition coefficient (Wildman–Crippen LogP) is 3.44. The second kappa shape index (κ2) is 5.44. The van der Waals surface area contributed by atoms with E-state index in [9.17, 15) is 4.79 Å². The van der Waals surface area contributed by atoms with Gasteiger partial charge < -0.3 is 9.73 Å². The van der Waals surface area contributed by atoms with Crippen molar-refractivity contribution in [2.75, 3.05) is 0 Å². The first kappa shape index (κ1) is 15.6. The van der Waals surface area contributed by atoms with Crippen LogP contribution in [0.5, 0.6) is 0 Å². The van der Waals surface area contributed by atoms with E-state index in [1.807, 2.05) is 6.07 Å². The molecule has 4 bridgehead atoms. The Bertz CT molecular complexity index is 859. The van der Waals surface area contributed by atoms with Gasteiger partial charge in [0.2, 0.25) is 0 Å². The Morgan fingerprint density at radius 1 is 1.00 bits per heavy atom. The minimum Gasteiger partial charge on any atom is -0.423 e. The van der Waals surface area contributed by atoms with Crippen LogP contribution in [0.25, 0.3) is 11.0 Å². The van der Waals surface area contributed by atoms with Crippen LogP contribution in [0.2, 0.25) is 0 Å². The fraction of sp³-hybridized carbons (Fsp3) is 0.591. The molecule has 0 radical (unpaired) electrons. The molecule has 6 rings (SSSR count). The van der Waals surface area contributed by atoms with Gasteiger partial charge in [0.25, 0.3) is 0 Å². The maximum absolute atomic E-state index is 12.0. The summed E-state index contributed by atoms with van der Waals surface area (Å²) in [6, 6.07) is 5.92. The van der Waals surface area contributed by atoms with E-state index < -0.39 is 0 Å². The molecule has 25 heavy (non-hydrogen) atoms. The molecule has 1 aromatic heterocycles. The van der Waals surface area contributed by atoms with E-state index in [1.165, 1.54) is 49.7 Å². The van der Waals surface area contributed by atoms with Gasteiger partial charge in [-0.2, -0.15) is 0 Å². The summed E-state index contributed by atoms with van der Waals surface area (Å²) in [6.45, 7) is 5.10. The Morgan fingerprint density at radius 3 is 2.24 bits per heavy atom. The van der Waals surface area contributed by atoms with Gasteiger partial charge in [-0.15, -0.1) is 0 Å². The molecule has 3 nitrogen and oxygen atoms in total. The summed E-state index contributed by atoms with van der Waals surface area (Å²) in [4.78, 5) is 12.0. The molecule has 0 unspecified atom stereocenters. The van der Waals surface area contributed by atoms with E-state index in [0.29, 0.717) is 5.54 Å². The summed E-state index contributed by atoms with van der Waals surface area (Å²) < 4.78 is 5.46. The third-order valence-corrected chi connectivity index (χ3v) is 7.29. The van der Waals surface area contributed by atoms with Gasteiger partial charge in [-0.05, 0) is 74.1 Å². The molecule has 4 aliphatic carbocycles. The SMILES string of the molecule is Cc1cc2oc(=O)cc(C[NH2+]C34CC5CC(CC(C5)C3)C4)c2cc1C. The maximum atomic E-state index is 12.0. The van der Waals surface area contributed by atoms with Gasteiger partial charge in [0.15, 0.2) is 0 Å². The number of fused-ring (bicyclic) bond motifs is 1. The molecule has 1 heterocycles. The zero-order chi connectivity index (χ0) is 17.2. The van der Waals surface area contributed by atoms with Crippen LogP contribution in [-0.2, 0) is 6.54 Å². The molecular weight excluding hydrogens is 310 g/mol. The van der Waals surface area contributed by atoms with Crippen LogP contribution in [0.15, 0.2) is 27.4 Å². The van der Waals surface area contributed by atoms with Crippen molar-refractivity contribution in [3.05, 3.63) is 45.3 Å². The van der Waals surface area contributed by atoms with Crippen LogP contribution < -0.4 is 10.9 Å². The number of quaternary nitrogens is 1. The molecule has 2 aromatic rings. The molecule has 4 saturated carbocycles. The Balaban J connectivity index is 1.46. The van der Waals surface area contributed by atoms with Crippen molar-refractivity contribution in [3.8, 4) is 0 Å². The van der Waals surface area contributed by atoms with Crippen LogP contribution in [0.4, 0.5) is 0 Å². The van der Waals surface area contributed by atoms with Gasteiger partial charge in [-0.1, -0.05) is 0 Å². The molecule has 4 fully saturated rings. The molecule has 4 aliphatic rings. The van der Waals surface area contributed by atoms with Crippen LogP contribution in [0, 0.1) is 31.6 Å². The van der Waals surface area contributed by atoms with E-state index in [2.05, 4.69) is 25.2 Å². The summed E-state index contributed by atoms with van der Waals surface area (Å²) in [5, 5.41) is 3.70. The number of aryl methyl sites for hydroxylation is 2. The van der Waals surface area contributed by atoms with Gasteiger partial charge in [0, 0.05) is 36.3 Å². The normalized spacial score (nSPS) is 33.3. The van der Waals surface area contributed by atoms with Crippen molar-refractivity contribution < 1.29 is 9.73 Å². The molecule has 0 atom stereocenters. The summed E-state index contributed by atoms with van der Waals surface area (Å²) in [5.74, 6) is 2.89. The first-order valence-electron chi connectivity index (χ1n) is 9.88. The lowest BCUT2D eigenvalue weighted by Gasteiger charge is -2.54. The van der Waals surface area contributed by atoms with Crippen LogP contribution in [0.1, 0.15) is 55.2 Å². The topological polar surface area (TPSA) is 46.8 Å². The Kier molecular flexibility index (Phi) is 3.40. The van der Waals surface area contributed by atoms with Gasteiger partial charge in [0.05, 0.1) is 5.54 Å². The fourth-order valence-electron chi connectivity index (χ4n) is 6.41. The first-order valence-corrected chi connectivity index (χ1v) is 9.88. The highest BCUT2D eigenvalue weighted by Gasteiger charge is 2.53. The van der Waals surface area contributed by atoms with Gasteiger partial charge in [-0.25, -0.2) is 4.79 Å². The van der Waals surface area contributed by atoms with Gasteiger partial charge in [0.1, 0.15) is 12.1 Å². The van der Waals surface area contributed by atoms with E-state index >= 15 is 0 Å². The zero-order valence-electron chi connectivity index (χ0n) is 15.3. The average molecular weight is 338 g/mol. The summed E-state index contributed by atoms with van der Waals surface area (Å²) in [5.41, 5.74) is 4.55. The number of hydrogen-bond acceptors (Lipinski definition) is 2. The lowest BCUT2D eigenvalue weighted by molar-refractivity contribution is -0.752. The van der Waals surface area contributed by atoms with Crippen molar-refractivity contribution in [1.29, 1.82) is 0 Å². The van der Waals surface area contributed by atoms with Crippen LogP contribution in [0.3, 0.4) is 0 Å². The molecule has 2 N–H and O–H groups in total. The van der Waals surface area contributed by atoms with Crippen molar-refractivity contribution in [1.82, 2.24) is 0 Å². The maximum Gasteiger partial charge on any atom is 0.336 e. The van der Waals surface area contributed by atoms with E-state index in [0.717, 1.165) is 40.8 Å². The highest BCUT2D eigenvalue weighted by molar-refractivity contribution is 5.81. The minimum absolute atomic E-state index is 0.218. The smallest absolute Gasteiger partial charge is 0.336 e. The number of hydrogen-bond donors (Lipinski definition) is 1. The molecule has 0 spiro atoms. The molecule has 0 amide bonds. The molecular formula is C22H28NO2+. The van der Waals surface area contributed by atoms with Crippen molar-refractivity contribution in [2.45, 2.75) is 64.5 Å². The largest absolute Gasteiger partial charge is 0.423 e. The summed E-state index contributed by atoms with van der Waals surface area (Å²) in [7, 11) is 0. The summed E-state index contributed by atoms with van der Waals surface area (Å²) in [6.07, 6.45) is 8.58. The zero-order valence-corrected chi connectivity index (χ0v) is 15.3. The van der Waals surface area contributed by atoms with Crippen LogP contribution in [-0.4, -0.2) is 5.54 Å². The van der Waals surface area contributed by atoms with Crippen LogP contribution >= 0.6 is 0 Å². The molecule has 0 saturated heterocycles. The average Bonchev–Trinajstić information content (AvgIpc) is 2.53. The molecule has 1 aromatic carbocycles. The van der Waals surface area contributed by atoms with Crippen molar-refractivity contribution in [2.24, 2.45) is 17.8 Å². The predicted molar refractivity (Wildman–Crippen MR) is 98.5 cm³/mol. The molecule has 132 valence electrons. The van der Waals surface area contributed by atoms with Gasteiger partial charge in [-0.3, -0.25) is 0 Å². The molecule has 0 aliphatic heterocycles. The first-order chi connectivity index (χ1) is 12.0. The standard InChI is InChI=1S/C22H27NO2/c1-13-3-19-18(8-21(24)25-20(19)4-14(13)2)12-23-22-9-15-5-16(10-22)7-17(6-15)11-22/h3-4,8,15-17,23H,5-7,9-12H2,1-2H3/p+1. The lowest BCUT2D eigenvalue weighted by atomic mass is 9.53. The molecule has 3 heteroatoms. The highest BCUT2D eigenvalue weighted by Crippen LogP contribution is 2.54. The monoisotopic (exact) mass is 338 g/mol. The lowest BCUT2D eigenvalue weighted by Crippen LogP contribution is -2.97. The number of rotatable bonds is 3. The van der Waals surface area contributed by atoms with Crippen molar-refractivity contribution >= 4 is 11.0 Å². The number of benzene rings is 1. The Labute approximate surface area is 148 Å². The van der Waals surface area contributed by atoms with E-state index in [4.69, 9.17) is 4.42 Å². The Hall–Kier alpha value is -1.61. The van der Waals surface area contributed by atoms with E-state index in [1.54, 1.807) is 6.07 Å². The number of nitrogens with two attached hydrogens (primary N) is 1. The quantitative estimate of drug-likeness (QED) is 0.872. The third-order valence-electron chi connectivity index (χ3n) is 7.29. The Morgan fingerprint density at radius 2 is 1.60 bits per heavy atom.